The highest BCUT2D eigenvalue weighted by Crippen LogP contribution is 2.25. The predicted molar refractivity (Wildman–Crippen MR) is 70.5 cm³/mol. The van der Waals surface area contributed by atoms with E-state index in [1.165, 1.54) is 19.3 Å². The number of hydrogen-bond donors (Lipinski definition) is 0. The van der Waals surface area contributed by atoms with E-state index in [0.29, 0.717) is 0 Å². The van der Waals surface area contributed by atoms with Crippen LogP contribution in [-0.4, -0.2) is 20.9 Å². The minimum absolute atomic E-state index is 0.107. The minimum atomic E-state index is -0.907. The third-order valence-electron chi connectivity index (χ3n) is 3.54. The standard InChI is InChI=1S/C13H26O2Si/c1-4-8-12(16(2)3)13(14)15-11-9-6-5-7-10-11/h11-12,16H,4-10H2,1-3H3. The molecule has 1 atom stereocenters. The maximum atomic E-state index is 12.1. The van der Waals surface area contributed by atoms with Crippen LogP contribution in [0.15, 0.2) is 0 Å². The van der Waals surface area contributed by atoms with E-state index in [9.17, 15) is 4.79 Å². The van der Waals surface area contributed by atoms with E-state index >= 15 is 0 Å². The lowest BCUT2D eigenvalue weighted by Gasteiger charge is -2.25. The van der Waals surface area contributed by atoms with E-state index in [1.54, 1.807) is 0 Å². The quantitative estimate of drug-likeness (QED) is 0.544. The summed E-state index contributed by atoms with van der Waals surface area (Å²) in [4.78, 5) is 12.1. The van der Waals surface area contributed by atoms with Crippen molar-refractivity contribution in [2.45, 2.75) is 76.6 Å². The first kappa shape index (κ1) is 13.8. The summed E-state index contributed by atoms with van der Waals surface area (Å²) in [6.45, 7) is 6.66. The summed E-state index contributed by atoms with van der Waals surface area (Å²) in [6, 6.07) is 0. The Morgan fingerprint density at radius 1 is 1.31 bits per heavy atom. The molecule has 1 aliphatic carbocycles. The summed E-state index contributed by atoms with van der Waals surface area (Å²) in [5.74, 6) is 0.107. The van der Waals surface area contributed by atoms with Crippen LogP contribution in [0.3, 0.4) is 0 Å². The van der Waals surface area contributed by atoms with Crippen LogP contribution in [0.5, 0.6) is 0 Å². The van der Waals surface area contributed by atoms with Crippen molar-refractivity contribution in [1.29, 1.82) is 0 Å². The topological polar surface area (TPSA) is 26.3 Å². The van der Waals surface area contributed by atoms with E-state index in [1.807, 2.05) is 0 Å². The van der Waals surface area contributed by atoms with Crippen LogP contribution in [0.4, 0.5) is 0 Å². The van der Waals surface area contributed by atoms with Crippen molar-refractivity contribution in [1.82, 2.24) is 0 Å². The minimum Gasteiger partial charge on any atom is -0.462 e. The first-order valence-corrected chi connectivity index (χ1v) is 9.83. The first-order chi connectivity index (χ1) is 7.65. The van der Waals surface area contributed by atoms with E-state index in [-0.39, 0.29) is 17.6 Å². The zero-order chi connectivity index (χ0) is 12.0. The van der Waals surface area contributed by atoms with Crippen LogP contribution in [-0.2, 0) is 9.53 Å². The molecule has 0 spiro atoms. The first-order valence-electron chi connectivity index (χ1n) is 6.85. The molecule has 0 aliphatic heterocycles. The second kappa shape index (κ2) is 7.10. The summed E-state index contributed by atoms with van der Waals surface area (Å²) in [7, 11) is -0.907. The Morgan fingerprint density at radius 3 is 2.44 bits per heavy atom. The van der Waals surface area contributed by atoms with Crippen LogP contribution in [0.2, 0.25) is 18.6 Å². The van der Waals surface area contributed by atoms with Gasteiger partial charge in [0.25, 0.3) is 0 Å². The summed E-state index contributed by atoms with van der Waals surface area (Å²) >= 11 is 0. The molecule has 0 heterocycles. The molecule has 0 saturated heterocycles. The molecule has 1 saturated carbocycles. The Balaban J connectivity index is 2.40. The molecule has 0 aromatic heterocycles. The molecule has 3 heteroatoms. The highest BCUT2D eigenvalue weighted by Gasteiger charge is 2.26. The van der Waals surface area contributed by atoms with Crippen molar-refractivity contribution in [3.63, 3.8) is 0 Å². The van der Waals surface area contributed by atoms with Gasteiger partial charge in [-0.05, 0) is 32.1 Å². The summed E-state index contributed by atoms with van der Waals surface area (Å²) in [6.07, 6.45) is 8.30. The fraction of sp³-hybridized carbons (Fsp3) is 0.923. The molecule has 0 bridgehead atoms. The number of hydrogen-bond acceptors (Lipinski definition) is 2. The van der Waals surface area contributed by atoms with Gasteiger partial charge in [0.1, 0.15) is 6.10 Å². The molecule has 1 aliphatic rings. The Bertz CT molecular complexity index is 210. The third kappa shape index (κ3) is 4.28. The molecule has 2 nitrogen and oxygen atoms in total. The molecule has 16 heavy (non-hydrogen) atoms. The van der Waals surface area contributed by atoms with Gasteiger partial charge in [0.15, 0.2) is 0 Å². The lowest BCUT2D eigenvalue weighted by atomic mass is 9.98. The van der Waals surface area contributed by atoms with Crippen molar-refractivity contribution in [2.75, 3.05) is 0 Å². The van der Waals surface area contributed by atoms with Crippen LogP contribution < -0.4 is 0 Å². The number of ether oxygens (including phenoxy) is 1. The van der Waals surface area contributed by atoms with Crippen LogP contribution in [0.25, 0.3) is 0 Å². The van der Waals surface area contributed by atoms with Crippen molar-refractivity contribution < 1.29 is 9.53 Å². The van der Waals surface area contributed by atoms with E-state index in [4.69, 9.17) is 4.74 Å². The molecular formula is C13H26O2Si. The molecule has 0 N–H and O–H groups in total. The largest absolute Gasteiger partial charge is 0.462 e. The van der Waals surface area contributed by atoms with Gasteiger partial charge in [-0.1, -0.05) is 32.9 Å². The molecule has 0 aromatic carbocycles. The van der Waals surface area contributed by atoms with Gasteiger partial charge >= 0.3 is 5.97 Å². The molecule has 1 rings (SSSR count). The summed E-state index contributed by atoms with van der Waals surface area (Å²) < 4.78 is 5.66. The molecule has 1 unspecified atom stereocenters. The van der Waals surface area contributed by atoms with Crippen LogP contribution in [0.1, 0.15) is 51.9 Å². The fourth-order valence-corrected chi connectivity index (χ4v) is 4.09. The smallest absolute Gasteiger partial charge is 0.306 e. The van der Waals surface area contributed by atoms with Gasteiger partial charge in [-0.15, -0.1) is 0 Å². The van der Waals surface area contributed by atoms with Gasteiger partial charge in [-0.25, -0.2) is 0 Å². The Kier molecular flexibility index (Phi) is 6.10. The summed E-state index contributed by atoms with van der Waals surface area (Å²) in [5.41, 5.74) is 0.243. The van der Waals surface area contributed by atoms with Gasteiger partial charge in [0.05, 0.1) is 0 Å². The molecule has 94 valence electrons. The average Bonchev–Trinajstić information content (AvgIpc) is 2.26. The lowest BCUT2D eigenvalue weighted by Crippen LogP contribution is -2.28. The highest BCUT2D eigenvalue weighted by molar-refractivity contribution is 6.61. The second-order valence-corrected chi connectivity index (χ2v) is 8.63. The number of rotatable bonds is 5. The monoisotopic (exact) mass is 242 g/mol. The maximum absolute atomic E-state index is 12.1. The van der Waals surface area contributed by atoms with Crippen LogP contribution in [0, 0.1) is 0 Å². The predicted octanol–water partition coefficient (Wildman–Crippen LogP) is 3.52. The van der Waals surface area contributed by atoms with Crippen molar-refractivity contribution >= 4 is 14.8 Å². The molecule has 0 aromatic rings. The number of carbonyl (C=O) groups is 1. The van der Waals surface area contributed by atoms with E-state index < -0.39 is 8.80 Å². The zero-order valence-corrected chi connectivity index (χ0v) is 12.2. The fourth-order valence-electron chi connectivity index (χ4n) is 2.47. The van der Waals surface area contributed by atoms with Gasteiger partial charge in [0, 0.05) is 14.3 Å². The van der Waals surface area contributed by atoms with E-state index in [0.717, 1.165) is 25.7 Å². The zero-order valence-electron chi connectivity index (χ0n) is 11.0. The Labute approximate surface area is 101 Å². The number of carbonyl (C=O) groups excluding carboxylic acids is 1. The van der Waals surface area contributed by atoms with Gasteiger partial charge < -0.3 is 4.74 Å². The van der Waals surface area contributed by atoms with Gasteiger partial charge in [0.2, 0.25) is 0 Å². The molecule has 0 radical (unpaired) electrons. The van der Waals surface area contributed by atoms with Gasteiger partial charge in [-0.2, -0.15) is 0 Å². The van der Waals surface area contributed by atoms with Crippen molar-refractivity contribution in [3.05, 3.63) is 0 Å². The Hall–Kier alpha value is -0.313. The third-order valence-corrected chi connectivity index (χ3v) is 5.76. The Morgan fingerprint density at radius 2 is 1.94 bits per heavy atom. The average molecular weight is 242 g/mol. The van der Waals surface area contributed by atoms with Crippen LogP contribution >= 0.6 is 0 Å². The second-order valence-electron chi connectivity index (χ2n) is 5.34. The summed E-state index contributed by atoms with van der Waals surface area (Å²) in [5, 5.41) is 0. The molecule has 0 amide bonds. The van der Waals surface area contributed by atoms with Gasteiger partial charge in [-0.3, -0.25) is 4.79 Å². The van der Waals surface area contributed by atoms with Crippen molar-refractivity contribution in [2.24, 2.45) is 0 Å². The molecular weight excluding hydrogens is 216 g/mol. The normalized spacial score (nSPS) is 19.8. The van der Waals surface area contributed by atoms with E-state index in [2.05, 4.69) is 20.0 Å². The number of esters is 1. The molecule has 1 fully saturated rings. The maximum Gasteiger partial charge on any atom is 0.306 e. The SMILES string of the molecule is CCCC(C(=O)OC1CCCCC1)[SiH](C)C. The lowest BCUT2D eigenvalue weighted by molar-refractivity contribution is -0.150. The highest BCUT2D eigenvalue weighted by atomic mass is 28.3. The van der Waals surface area contributed by atoms with Crippen molar-refractivity contribution in [3.8, 4) is 0 Å².